The van der Waals surface area contributed by atoms with Crippen molar-refractivity contribution in [2.45, 2.75) is 180 Å². The lowest BCUT2D eigenvalue weighted by atomic mass is 9.31. The molecule has 2 aromatic rings. The highest BCUT2D eigenvalue weighted by atomic mass is 16.6. The van der Waals surface area contributed by atoms with Gasteiger partial charge in [0.25, 0.3) is 0 Å². The van der Waals surface area contributed by atoms with Crippen molar-refractivity contribution in [1.29, 1.82) is 0 Å². The van der Waals surface area contributed by atoms with Gasteiger partial charge in [0.15, 0.2) is 5.78 Å². The molecule has 0 aromatic heterocycles. The van der Waals surface area contributed by atoms with E-state index < -0.39 is 40.0 Å². The fourth-order valence-corrected chi connectivity index (χ4v) is 17.5. The average molecular weight is 908 g/mol. The number of fused-ring (bicyclic) bond motifs is 5. The summed E-state index contributed by atoms with van der Waals surface area (Å²) in [6.07, 6.45) is 10.4. The Labute approximate surface area is 394 Å². The normalized spacial score (nSPS) is 38.8. The number of Topliss-reactive ketones (excluding diaryl/α,β-unsaturated/α-hetero) is 2. The number of hydrogen-bond acceptors (Lipinski definition) is 10. The third-order valence-electron chi connectivity index (χ3n) is 19.8. The summed E-state index contributed by atoms with van der Waals surface area (Å²) in [7, 11) is 1.89. The maximum Gasteiger partial charge on any atom is 0.159 e. The Balaban J connectivity index is 1.10. The molecule has 0 amide bonds. The van der Waals surface area contributed by atoms with E-state index in [0.29, 0.717) is 57.0 Å². The fourth-order valence-electron chi connectivity index (χ4n) is 17.5. The summed E-state index contributed by atoms with van der Waals surface area (Å²) in [5.74, 6) is 0.991. The largest absolute Gasteiger partial charge is 0.508 e. The number of allylic oxidation sites excluding steroid dienone is 2. The molecular weight excluding hydrogens is 827 g/mol. The highest BCUT2D eigenvalue weighted by molar-refractivity contribution is 6.00. The molecular formula is C56H81N3O7. The van der Waals surface area contributed by atoms with Crippen LogP contribution in [0.25, 0.3) is 0 Å². The number of carbonyl (C=O) groups is 2. The predicted molar refractivity (Wildman–Crippen MR) is 259 cm³/mol. The van der Waals surface area contributed by atoms with Crippen molar-refractivity contribution in [3.63, 3.8) is 0 Å². The number of benzene rings is 2. The number of carbonyl (C=O) groups excluding carboxylic acids is 2. The molecule has 0 unspecified atom stereocenters. The number of phenolic OH excluding ortho intramolecular Hbond substituents is 1. The van der Waals surface area contributed by atoms with Crippen LogP contribution >= 0.6 is 0 Å². The lowest BCUT2D eigenvalue weighted by molar-refractivity contribution is -0.226. The quantitative estimate of drug-likeness (QED) is 0.0678. The number of epoxide rings is 1. The van der Waals surface area contributed by atoms with E-state index in [1.807, 2.05) is 32.2 Å². The first-order chi connectivity index (χ1) is 31.4. The Morgan fingerprint density at radius 1 is 0.924 bits per heavy atom. The van der Waals surface area contributed by atoms with Gasteiger partial charge in [0, 0.05) is 54.6 Å². The van der Waals surface area contributed by atoms with Crippen LogP contribution in [0.1, 0.15) is 160 Å². The van der Waals surface area contributed by atoms with E-state index in [-0.39, 0.29) is 65.2 Å². The minimum atomic E-state index is -0.744. The Hall–Kier alpha value is -3.12. The van der Waals surface area contributed by atoms with E-state index >= 15 is 4.79 Å². The van der Waals surface area contributed by atoms with E-state index in [0.717, 1.165) is 80.2 Å². The Kier molecular flexibility index (Phi) is 12.8. The zero-order valence-electron chi connectivity index (χ0n) is 41.0. The van der Waals surface area contributed by atoms with Crippen molar-refractivity contribution in [3.05, 3.63) is 70.3 Å². The maximum atomic E-state index is 15.3. The first-order valence-electron chi connectivity index (χ1n) is 25.9. The number of phenols is 1. The summed E-state index contributed by atoms with van der Waals surface area (Å²) >= 11 is 0. The number of rotatable bonds is 15. The van der Waals surface area contributed by atoms with Gasteiger partial charge < -0.3 is 41.5 Å². The van der Waals surface area contributed by atoms with Gasteiger partial charge in [-0.25, -0.2) is 0 Å². The number of anilines is 1. The molecule has 6 fully saturated rings. The van der Waals surface area contributed by atoms with Gasteiger partial charge in [0.1, 0.15) is 17.6 Å². The van der Waals surface area contributed by atoms with Crippen molar-refractivity contribution in [3.8, 4) is 5.75 Å². The summed E-state index contributed by atoms with van der Waals surface area (Å²) in [6.45, 7) is 13.7. The predicted octanol–water partition coefficient (Wildman–Crippen LogP) is 8.49. The summed E-state index contributed by atoms with van der Waals surface area (Å²) in [4.78, 5) is 30.3. The number of nitrogen functional groups attached to an aromatic ring is 1. The first-order valence-corrected chi connectivity index (χ1v) is 25.9. The van der Waals surface area contributed by atoms with Gasteiger partial charge in [-0.1, -0.05) is 70.7 Å². The Morgan fingerprint density at radius 2 is 1.68 bits per heavy atom. The second-order valence-corrected chi connectivity index (χ2v) is 23.7. The van der Waals surface area contributed by atoms with Gasteiger partial charge in [0.05, 0.1) is 17.8 Å². The Bertz CT molecular complexity index is 2200. The summed E-state index contributed by atoms with van der Waals surface area (Å²) in [5, 5.41) is 52.6. The molecule has 2 aromatic carbocycles. The van der Waals surface area contributed by atoms with Crippen LogP contribution in [0.5, 0.6) is 5.75 Å². The topological polar surface area (TPSA) is 178 Å². The molecule has 8 N–H and O–H groups in total. The number of aromatic hydroxyl groups is 1. The van der Waals surface area contributed by atoms with Crippen LogP contribution in [0.3, 0.4) is 0 Å². The summed E-state index contributed by atoms with van der Waals surface area (Å²) < 4.78 is 6.54. The van der Waals surface area contributed by atoms with Crippen molar-refractivity contribution in [1.82, 2.24) is 10.6 Å². The van der Waals surface area contributed by atoms with Gasteiger partial charge in [-0.3, -0.25) is 9.59 Å². The summed E-state index contributed by atoms with van der Waals surface area (Å²) in [5.41, 5.74) is 9.62. The molecule has 5 saturated carbocycles. The lowest BCUT2D eigenvalue weighted by Gasteiger charge is -2.73. The minimum Gasteiger partial charge on any atom is -0.508 e. The maximum absolute atomic E-state index is 15.3. The fraction of sp³-hybridized carbons (Fsp3) is 0.714. The molecule has 10 nitrogen and oxygen atoms in total. The molecule has 0 bridgehead atoms. The molecule has 1 aliphatic heterocycles. The highest BCUT2D eigenvalue weighted by Crippen LogP contribution is 2.78. The van der Waals surface area contributed by atoms with E-state index in [4.69, 9.17) is 10.5 Å². The molecule has 10 heteroatoms. The van der Waals surface area contributed by atoms with Crippen LogP contribution in [-0.4, -0.2) is 82.1 Å². The van der Waals surface area contributed by atoms with Gasteiger partial charge in [0.2, 0.25) is 0 Å². The standard InChI is InChI=1S/C56H81N3O7/c1-32(22-45(63)51-54(6,66-51)42-17-11-16-40(42)35-12-10-15-38(57)25-35)48-43-18-19-47-55(20-21-60,53(43,5)29-46(48)64)28-44(59-30-33(2)61)49-52(3,4)50(65)41(27-56(47,49)37-13-8-9-14-37)36-23-34(31-58-7)24-39(62)26-36/h10,12,15,23-26,32-33,37,40-42,44-45,47,49,51,58-63H,8-9,11,13-14,16-22,27-31,57H2,1-7H3/t32-,33+,40+,41+,42-,44+,45-,47+,49+,51-,53+,54-,55+,56-/m1/s1. The zero-order chi connectivity index (χ0) is 47.1. The number of hydrogen-bond donors (Lipinski definition) is 7. The lowest BCUT2D eigenvalue weighted by Crippen LogP contribution is -2.72. The molecule has 0 spiro atoms. The van der Waals surface area contributed by atoms with E-state index in [2.05, 4.69) is 63.5 Å². The number of nitrogens with one attached hydrogen (secondary N) is 2. The van der Waals surface area contributed by atoms with Crippen LogP contribution in [0.4, 0.5) is 5.69 Å². The molecule has 14 atom stereocenters. The minimum absolute atomic E-state index is 0.00722. The number of aliphatic hydroxyl groups is 3. The monoisotopic (exact) mass is 908 g/mol. The zero-order valence-corrected chi connectivity index (χ0v) is 41.0. The SMILES string of the molecule is CNCc1cc(O)cc([C@@H]2C[C@@]3(C4CCCC4)[C@H]4CCC5=C([C@H](C)C[C@@H](O)[C@H]6O[C@]6(C)[C@@H]6CCC[C@H]6c6cccc(N)c6)C(=O)C[C@]5(C)[C@@]4(CCO)C[C@H](NC[C@H](C)O)[C@H]3C(C)(C)C2=O)c1. The second kappa shape index (κ2) is 17.7. The molecule has 66 heavy (non-hydrogen) atoms. The van der Waals surface area contributed by atoms with Crippen LogP contribution < -0.4 is 16.4 Å². The van der Waals surface area contributed by atoms with Gasteiger partial charge in [-0.15, -0.1) is 0 Å². The first kappa shape index (κ1) is 47.9. The molecule has 0 radical (unpaired) electrons. The van der Waals surface area contributed by atoms with E-state index in [1.165, 1.54) is 11.1 Å². The van der Waals surface area contributed by atoms with E-state index in [1.54, 1.807) is 6.07 Å². The van der Waals surface area contributed by atoms with Gasteiger partial charge in [-0.05, 0) is 178 Å². The van der Waals surface area contributed by atoms with Crippen molar-refractivity contribution < 1.29 is 34.8 Å². The molecule has 362 valence electrons. The number of nitrogens with two attached hydrogens (primary N) is 1. The highest BCUT2D eigenvalue weighted by Gasteiger charge is 2.75. The second-order valence-electron chi connectivity index (χ2n) is 23.7. The number of aliphatic hydroxyl groups excluding tert-OH is 3. The summed E-state index contributed by atoms with van der Waals surface area (Å²) in [6, 6.07) is 13.8. The third kappa shape index (κ3) is 7.56. The molecule has 1 heterocycles. The van der Waals surface area contributed by atoms with Gasteiger partial charge >= 0.3 is 0 Å². The van der Waals surface area contributed by atoms with Crippen LogP contribution in [0, 0.1) is 51.2 Å². The third-order valence-corrected chi connectivity index (χ3v) is 19.8. The van der Waals surface area contributed by atoms with Crippen LogP contribution in [0.2, 0.25) is 0 Å². The van der Waals surface area contributed by atoms with Gasteiger partial charge in [-0.2, -0.15) is 0 Å². The smallest absolute Gasteiger partial charge is 0.159 e. The van der Waals surface area contributed by atoms with Crippen molar-refractivity contribution in [2.24, 2.45) is 51.2 Å². The molecule has 1 saturated heterocycles. The molecule has 6 aliphatic carbocycles. The van der Waals surface area contributed by atoms with Crippen LogP contribution in [-0.2, 0) is 20.9 Å². The average Bonchev–Trinajstić information content (AvgIpc) is 3.69. The van der Waals surface area contributed by atoms with Crippen molar-refractivity contribution >= 4 is 17.3 Å². The number of ether oxygens (including phenoxy) is 1. The van der Waals surface area contributed by atoms with Crippen LogP contribution in [0.15, 0.2) is 53.6 Å². The van der Waals surface area contributed by atoms with Crippen molar-refractivity contribution in [2.75, 3.05) is 25.9 Å². The van der Waals surface area contributed by atoms with E-state index in [9.17, 15) is 25.2 Å². The number of ketones is 2. The molecule has 7 aliphatic rings. The molecule has 9 rings (SSSR count). The Morgan fingerprint density at radius 3 is 2.38 bits per heavy atom.